The Morgan fingerprint density at radius 3 is 2.90 bits per heavy atom. The summed E-state index contributed by atoms with van der Waals surface area (Å²) in [7, 11) is 1.97. The molecule has 0 spiro atoms. The fourth-order valence-corrected chi connectivity index (χ4v) is 2.27. The van der Waals surface area contributed by atoms with Gasteiger partial charge in [-0.15, -0.1) is 0 Å². The van der Waals surface area contributed by atoms with Crippen molar-refractivity contribution < 1.29 is 0 Å². The molecule has 0 saturated carbocycles. The van der Waals surface area contributed by atoms with Crippen molar-refractivity contribution in [2.24, 2.45) is 0 Å². The van der Waals surface area contributed by atoms with Crippen molar-refractivity contribution in [3.05, 3.63) is 46.7 Å². The lowest BCUT2D eigenvalue weighted by Gasteiger charge is -2.18. The van der Waals surface area contributed by atoms with Gasteiger partial charge in [-0.1, -0.05) is 34.1 Å². The van der Waals surface area contributed by atoms with Gasteiger partial charge in [-0.25, -0.2) is 9.97 Å². The summed E-state index contributed by atoms with van der Waals surface area (Å²) in [5.41, 5.74) is 1.25. The predicted octanol–water partition coefficient (Wildman–Crippen LogP) is 2.81. The third-order valence-corrected chi connectivity index (χ3v) is 3.68. The lowest BCUT2D eigenvalue weighted by Crippen LogP contribution is -2.21. The normalized spacial score (nSPS) is 9.85. The van der Waals surface area contributed by atoms with Crippen molar-refractivity contribution in [3.63, 3.8) is 0 Å². The molecule has 1 aromatic carbocycles. The van der Waals surface area contributed by atoms with Crippen molar-refractivity contribution in [3.8, 4) is 6.19 Å². The first-order chi connectivity index (χ1) is 9.70. The van der Waals surface area contributed by atoms with Crippen LogP contribution in [0.1, 0.15) is 5.56 Å². The maximum Gasteiger partial charge on any atom is 0.182 e. The van der Waals surface area contributed by atoms with Crippen LogP contribution >= 0.6 is 15.9 Å². The first kappa shape index (κ1) is 14.3. The fraction of sp³-hybridized carbons (Fsp3) is 0.214. The maximum atomic E-state index is 8.59. The van der Waals surface area contributed by atoms with E-state index in [1.165, 1.54) is 11.9 Å². The van der Waals surface area contributed by atoms with Gasteiger partial charge in [-0.05, 0) is 18.1 Å². The molecule has 1 aromatic heterocycles. The lowest BCUT2D eigenvalue weighted by atomic mass is 10.1. The standard InChI is InChI=1S/C14H14BrN5/c1-20(7-6-11-4-2-3-5-12(11)15)14-8-13(17-9-16)18-10-19-14/h2-5,8,10H,6-7H2,1H3,(H,17,18,19). The van der Waals surface area contributed by atoms with E-state index in [9.17, 15) is 0 Å². The van der Waals surface area contributed by atoms with Gasteiger partial charge >= 0.3 is 0 Å². The molecule has 0 radical (unpaired) electrons. The number of likely N-dealkylation sites (N-methyl/N-ethyl adjacent to an activating group) is 1. The second kappa shape index (κ2) is 6.87. The van der Waals surface area contributed by atoms with Gasteiger partial charge in [-0.3, -0.25) is 5.32 Å². The smallest absolute Gasteiger partial charge is 0.182 e. The molecule has 0 saturated heterocycles. The minimum atomic E-state index is 0.505. The van der Waals surface area contributed by atoms with Crippen LogP contribution in [-0.2, 0) is 6.42 Å². The van der Waals surface area contributed by atoms with Gasteiger partial charge in [0.25, 0.3) is 0 Å². The Labute approximate surface area is 126 Å². The van der Waals surface area contributed by atoms with Crippen molar-refractivity contribution >= 4 is 27.6 Å². The van der Waals surface area contributed by atoms with E-state index in [2.05, 4.69) is 37.3 Å². The van der Waals surface area contributed by atoms with Crippen molar-refractivity contribution in [1.82, 2.24) is 9.97 Å². The van der Waals surface area contributed by atoms with Crippen LogP contribution in [0.15, 0.2) is 41.1 Å². The van der Waals surface area contributed by atoms with Gasteiger partial charge in [0.05, 0.1) is 0 Å². The van der Waals surface area contributed by atoms with Gasteiger partial charge in [0, 0.05) is 24.1 Å². The van der Waals surface area contributed by atoms with E-state index in [0.717, 1.165) is 23.3 Å². The molecule has 0 amide bonds. The third-order valence-electron chi connectivity index (χ3n) is 2.90. The molecule has 0 bridgehead atoms. The molecule has 0 atom stereocenters. The first-order valence-electron chi connectivity index (χ1n) is 6.12. The Kier molecular flexibility index (Phi) is 4.91. The Morgan fingerprint density at radius 1 is 1.35 bits per heavy atom. The van der Waals surface area contributed by atoms with E-state index in [1.54, 1.807) is 6.07 Å². The molecule has 0 aliphatic carbocycles. The van der Waals surface area contributed by atoms with E-state index in [-0.39, 0.29) is 0 Å². The summed E-state index contributed by atoms with van der Waals surface area (Å²) >= 11 is 3.54. The van der Waals surface area contributed by atoms with Crippen LogP contribution in [-0.4, -0.2) is 23.6 Å². The zero-order chi connectivity index (χ0) is 14.4. The number of nitrogens with one attached hydrogen (secondary N) is 1. The van der Waals surface area contributed by atoms with Crippen LogP contribution in [0, 0.1) is 11.5 Å². The largest absolute Gasteiger partial charge is 0.359 e. The minimum absolute atomic E-state index is 0.505. The van der Waals surface area contributed by atoms with Gasteiger partial charge in [0.1, 0.15) is 18.0 Å². The van der Waals surface area contributed by atoms with E-state index < -0.39 is 0 Å². The minimum Gasteiger partial charge on any atom is -0.359 e. The molecule has 1 N–H and O–H groups in total. The van der Waals surface area contributed by atoms with Gasteiger partial charge < -0.3 is 4.90 Å². The van der Waals surface area contributed by atoms with Gasteiger partial charge in [-0.2, -0.15) is 5.26 Å². The molecule has 6 heteroatoms. The molecule has 0 aliphatic rings. The molecule has 20 heavy (non-hydrogen) atoms. The van der Waals surface area contributed by atoms with Crippen LogP contribution in [0.5, 0.6) is 0 Å². The molecule has 102 valence electrons. The molecular formula is C14H14BrN5. The Bertz CT molecular complexity index is 623. The molecular weight excluding hydrogens is 318 g/mol. The highest BCUT2D eigenvalue weighted by Crippen LogP contribution is 2.18. The summed E-state index contributed by atoms with van der Waals surface area (Å²) in [6.45, 7) is 0.825. The highest BCUT2D eigenvalue weighted by atomic mass is 79.9. The van der Waals surface area contributed by atoms with Gasteiger partial charge in [0.15, 0.2) is 6.19 Å². The zero-order valence-electron chi connectivity index (χ0n) is 11.0. The molecule has 2 rings (SSSR count). The predicted molar refractivity (Wildman–Crippen MR) is 82.4 cm³/mol. The van der Waals surface area contributed by atoms with Crippen LogP contribution in [0.4, 0.5) is 11.6 Å². The summed E-state index contributed by atoms with van der Waals surface area (Å²) < 4.78 is 1.11. The molecule has 1 heterocycles. The number of anilines is 2. The van der Waals surface area contributed by atoms with E-state index in [0.29, 0.717) is 5.82 Å². The Morgan fingerprint density at radius 2 is 2.15 bits per heavy atom. The summed E-state index contributed by atoms with van der Waals surface area (Å²) in [6.07, 6.45) is 4.20. The zero-order valence-corrected chi connectivity index (χ0v) is 12.6. The maximum absolute atomic E-state index is 8.59. The number of aromatic nitrogens is 2. The van der Waals surface area contributed by atoms with E-state index in [1.807, 2.05) is 36.3 Å². The Balaban J connectivity index is 2.02. The van der Waals surface area contributed by atoms with E-state index >= 15 is 0 Å². The quantitative estimate of drug-likeness (QED) is 0.674. The summed E-state index contributed by atoms with van der Waals surface area (Å²) in [4.78, 5) is 10.2. The number of nitriles is 1. The van der Waals surface area contributed by atoms with Gasteiger partial charge in [0.2, 0.25) is 0 Å². The number of rotatable bonds is 5. The highest BCUT2D eigenvalue weighted by Gasteiger charge is 2.06. The molecule has 0 aliphatic heterocycles. The summed E-state index contributed by atoms with van der Waals surface area (Å²) in [6, 6.07) is 9.92. The van der Waals surface area contributed by atoms with Crippen molar-refractivity contribution in [2.45, 2.75) is 6.42 Å². The Hall–Kier alpha value is -2.13. The SMILES string of the molecule is CN(CCc1ccccc1Br)c1cc(NC#N)ncn1. The number of nitrogens with zero attached hydrogens (tertiary/aromatic N) is 4. The number of benzene rings is 1. The highest BCUT2D eigenvalue weighted by molar-refractivity contribution is 9.10. The number of hydrogen-bond acceptors (Lipinski definition) is 5. The number of hydrogen-bond donors (Lipinski definition) is 1. The monoisotopic (exact) mass is 331 g/mol. The average Bonchev–Trinajstić information content (AvgIpc) is 2.47. The fourth-order valence-electron chi connectivity index (χ4n) is 1.79. The summed E-state index contributed by atoms with van der Waals surface area (Å²) in [5, 5.41) is 11.1. The topological polar surface area (TPSA) is 64.8 Å². The third kappa shape index (κ3) is 3.68. The molecule has 0 unspecified atom stereocenters. The van der Waals surface area contributed by atoms with E-state index in [4.69, 9.17) is 5.26 Å². The average molecular weight is 332 g/mol. The second-order valence-corrected chi connectivity index (χ2v) is 5.12. The molecule has 5 nitrogen and oxygen atoms in total. The van der Waals surface area contributed by atoms with Crippen LogP contribution in [0.25, 0.3) is 0 Å². The first-order valence-corrected chi connectivity index (χ1v) is 6.91. The second-order valence-electron chi connectivity index (χ2n) is 4.26. The van der Waals surface area contributed by atoms with Crippen LogP contribution in [0.2, 0.25) is 0 Å². The molecule has 2 aromatic rings. The van der Waals surface area contributed by atoms with Crippen molar-refractivity contribution in [2.75, 3.05) is 23.8 Å². The molecule has 0 fully saturated rings. The van der Waals surface area contributed by atoms with Crippen LogP contribution < -0.4 is 10.2 Å². The van der Waals surface area contributed by atoms with Crippen LogP contribution in [0.3, 0.4) is 0 Å². The summed E-state index contributed by atoms with van der Waals surface area (Å²) in [5.74, 6) is 1.29. The van der Waals surface area contributed by atoms with Crippen molar-refractivity contribution in [1.29, 1.82) is 5.26 Å². The lowest BCUT2D eigenvalue weighted by molar-refractivity contribution is 0.854. The number of halogens is 1.